The summed E-state index contributed by atoms with van der Waals surface area (Å²) in [6, 6.07) is 1.24. The highest BCUT2D eigenvalue weighted by molar-refractivity contribution is 4.92. The van der Waals surface area contributed by atoms with Crippen LogP contribution in [0.4, 0.5) is 0 Å². The van der Waals surface area contributed by atoms with Crippen molar-refractivity contribution < 1.29 is 5.11 Å². The first kappa shape index (κ1) is 8.48. The molecule has 2 saturated heterocycles. The van der Waals surface area contributed by atoms with E-state index < -0.39 is 0 Å². The maximum atomic E-state index is 9.45. The Kier molecular flexibility index (Phi) is 2.35. The molecule has 3 heteroatoms. The minimum Gasteiger partial charge on any atom is -0.392 e. The Bertz CT molecular complexity index is 163. The van der Waals surface area contributed by atoms with E-state index in [9.17, 15) is 5.11 Å². The van der Waals surface area contributed by atoms with Gasteiger partial charge in [0.2, 0.25) is 0 Å². The zero-order valence-corrected chi connectivity index (χ0v) is 7.66. The molecule has 0 saturated carbocycles. The van der Waals surface area contributed by atoms with Crippen molar-refractivity contribution in [1.82, 2.24) is 10.2 Å². The molecule has 0 aromatic carbocycles. The van der Waals surface area contributed by atoms with Gasteiger partial charge in [0.05, 0.1) is 6.10 Å². The lowest BCUT2D eigenvalue weighted by atomic mass is 10.1. The number of piperazine rings is 1. The van der Waals surface area contributed by atoms with Crippen LogP contribution in [0.1, 0.15) is 19.8 Å². The third-order valence-corrected chi connectivity index (χ3v) is 3.10. The van der Waals surface area contributed by atoms with Gasteiger partial charge in [-0.05, 0) is 12.8 Å². The predicted molar refractivity (Wildman–Crippen MR) is 48.1 cm³/mol. The summed E-state index contributed by atoms with van der Waals surface area (Å²) in [4.78, 5) is 2.43. The number of fused-ring (bicyclic) bond motifs is 1. The fourth-order valence-corrected chi connectivity index (χ4v) is 2.32. The van der Waals surface area contributed by atoms with Crippen molar-refractivity contribution in [2.45, 2.75) is 38.0 Å². The lowest BCUT2D eigenvalue weighted by Gasteiger charge is -2.35. The summed E-state index contributed by atoms with van der Waals surface area (Å²) in [6.45, 7) is 5.29. The topological polar surface area (TPSA) is 35.5 Å². The monoisotopic (exact) mass is 170 g/mol. The van der Waals surface area contributed by atoms with Gasteiger partial charge in [0.25, 0.3) is 0 Å². The molecule has 0 aromatic rings. The van der Waals surface area contributed by atoms with Crippen LogP contribution >= 0.6 is 0 Å². The van der Waals surface area contributed by atoms with Crippen LogP contribution in [-0.2, 0) is 0 Å². The summed E-state index contributed by atoms with van der Waals surface area (Å²) >= 11 is 0. The summed E-state index contributed by atoms with van der Waals surface area (Å²) < 4.78 is 0. The van der Waals surface area contributed by atoms with Gasteiger partial charge in [0.15, 0.2) is 0 Å². The van der Waals surface area contributed by atoms with Crippen LogP contribution in [0.5, 0.6) is 0 Å². The Balaban J connectivity index is 1.93. The van der Waals surface area contributed by atoms with Crippen molar-refractivity contribution in [2.24, 2.45) is 0 Å². The van der Waals surface area contributed by atoms with E-state index >= 15 is 0 Å². The molecule has 2 N–H and O–H groups in total. The molecule has 0 spiro atoms. The fraction of sp³-hybridized carbons (Fsp3) is 1.00. The quantitative estimate of drug-likeness (QED) is 0.572. The summed E-state index contributed by atoms with van der Waals surface area (Å²) in [5, 5.41) is 13.0. The maximum absolute atomic E-state index is 9.45. The lowest BCUT2D eigenvalue weighted by Crippen LogP contribution is -2.53. The average Bonchev–Trinajstić information content (AvgIpc) is 2.43. The van der Waals surface area contributed by atoms with Crippen LogP contribution in [0.3, 0.4) is 0 Å². The third-order valence-electron chi connectivity index (χ3n) is 3.10. The van der Waals surface area contributed by atoms with Crippen molar-refractivity contribution in [1.29, 1.82) is 0 Å². The highest BCUT2D eigenvalue weighted by Crippen LogP contribution is 2.20. The van der Waals surface area contributed by atoms with Crippen molar-refractivity contribution >= 4 is 0 Å². The molecule has 2 fully saturated rings. The van der Waals surface area contributed by atoms with Gasteiger partial charge in [-0.2, -0.15) is 0 Å². The van der Waals surface area contributed by atoms with Gasteiger partial charge in [-0.3, -0.25) is 4.90 Å². The summed E-state index contributed by atoms with van der Waals surface area (Å²) in [7, 11) is 0. The Hall–Kier alpha value is -0.120. The van der Waals surface area contributed by atoms with Crippen molar-refractivity contribution in [2.75, 3.05) is 19.6 Å². The van der Waals surface area contributed by atoms with Crippen LogP contribution in [0.2, 0.25) is 0 Å². The smallest absolute Gasteiger partial charge is 0.0682 e. The average molecular weight is 170 g/mol. The number of rotatable bonds is 1. The van der Waals surface area contributed by atoms with Crippen LogP contribution in [-0.4, -0.2) is 47.8 Å². The number of aliphatic hydroxyl groups is 1. The summed E-state index contributed by atoms with van der Waals surface area (Å²) in [5.74, 6) is 0. The van der Waals surface area contributed by atoms with Gasteiger partial charge >= 0.3 is 0 Å². The molecule has 0 radical (unpaired) electrons. The lowest BCUT2D eigenvalue weighted by molar-refractivity contribution is 0.152. The molecule has 70 valence electrons. The van der Waals surface area contributed by atoms with E-state index in [1.54, 1.807) is 0 Å². The number of hydrogen-bond acceptors (Lipinski definition) is 3. The SMILES string of the molecule is CCC1CN2CC(O)CC2CN1. The minimum atomic E-state index is -0.0765. The van der Waals surface area contributed by atoms with E-state index in [1.807, 2.05) is 0 Å². The van der Waals surface area contributed by atoms with E-state index in [1.165, 1.54) is 6.42 Å². The fourth-order valence-electron chi connectivity index (χ4n) is 2.32. The number of nitrogens with one attached hydrogen (secondary N) is 1. The van der Waals surface area contributed by atoms with Crippen molar-refractivity contribution in [3.63, 3.8) is 0 Å². The van der Waals surface area contributed by atoms with E-state index in [-0.39, 0.29) is 6.10 Å². The van der Waals surface area contributed by atoms with Gasteiger partial charge in [0, 0.05) is 31.7 Å². The highest BCUT2D eigenvalue weighted by Gasteiger charge is 2.34. The normalized spacial score (nSPS) is 43.0. The molecular formula is C9H18N2O. The van der Waals surface area contributed by atoms with Gasteiger partial charge in [0.1, 0.15) is 0 Å². The molecule has 2 rings (SSSR count). The first-order valence-electron chi connectivity index (χ1n) is 4.95. The van der Waals surface area contributed by atoms with E-state index in [0.29, 0.717) is 12.1 Å². The third kappa shape index (κ3) is 1.49. The van der Waals surface area contributed by atoms with Gasteiger partial charge < -0.3 is 10.4 Å². The first-order chi connectivity index (χ1) is 5.79. The van der Waals surface area contributed by atoms with Gasteiger partial charge in [-0.25, -0.2) is 0 Å². The zero-order chi connectivity index (χ0) is 8.55. The largest absolute Gasteiger partial charge is 0.392 e. The Labute approximate surface area is 73.8 Å². The highest BCUT2D eigenvalue weighted by atomic mass is 16.3. The number of aliphatic hydroxyl groups excluding tert-OH is 1. The van der Waals surface area contributed by atoms with Crippen LogP contribution in [0.15, 0.2) is 0 Å². The predicted octanol–water partition coefficient (Wildman–Crippen LogP) is -0.197. The number of nitrogens with zero attached hydrogens (tertiary/aromatic N) is 1. The Morgan fingerprint density at radius 3 is 3.08 bits per heavy atom. The molecule has 3 unspecified atom stereocenters. The maximum Gasteiger partial charge on any atom is 0.0682 e. The van der Waals surface area contributed by atoms with Gasteiger partial charge in [-0.1, -0.05) is 6.92 Å². The second-order valence-corrected chi connectivity index (χ2v) is 4.01. The van der Waals surface area contributed by atoms with E-state index in [4.69, 9.17) is 0 Å². The van der Waals surface area contributed by atoms with Crippen molar-refractivity contribution in [3.8, 4) is 0 Å². The molecular weight excluding hydrogens is 152 g/mol. The van der Waals surface area contributed by atoms with Gasteiger partial charge in [-0.15, -0.1) is 0 Å². The van der Waals surface area contributed by atoms with E-state index in [0.717, 1.165) is 26.1 Å². The standard InChI is InChI=1S/C9H18N2O/c1-2-7-5-11-6-9(12)3-8(11)4-10-7/h7-10,12H,2-6H2,1H3. The Morgan fingerprint density at radius 1 is 1.50 bits per heavy atom. The van der Waals surface area contributed by atoms with Crippen LogP contribution in [0.25, 0.3) is 0 Å². The molecule has 2 aliphatic heterocycles. The Morgan fingerprint density at radius 2 is 2.33 bits per heavy atom. The second kappa shape index (κ2) is 3.32. The zero-order valence-electron chi connectivity index (χ0n) is 7.66. The molecule has 3 nitrogen and oxygen atoms in total. The second-order valence-electron chi connectivity index (χ2n) is 4.01. The minimum absolute atomic E-state index is 0.0765. The molecule has 2 aliphatic rings. The molecule has 2 heterocycles. The first-order valence-corrected chi connectivity index (χ1v) is 4.95. The summed E-state index contributed by atoms with van der Waals surface area (Å²) in [5.41, 5.74) is 0. The molecule has 0 amide bonds. The molecule has 3 atom stereocenters. The summed E-state index contributed by atoms with van der Waals surface area (Å²) in [6.07, 6.45) is 2.08. The molecule has 0 aliphatic carbocycles. The molecule has 0 bridgehead atoms. The number of hydrogen-bond donors (Lipinski definition) is 2. The molecule has 12 heavy (non-hydrogen) atoms. The van der Waals surface area contributed by atoms with Crippen molar-refractivity contribution in [3.05, 3.63) is 0 Å². The molecule has 0 aromatic heterocycles. The van der Waals surface area contributed by atoms with Crippen LogP contribution < -0.4 is 5.32 Å². The van der Waals surface area contributed by atoms with E-state index in [2.05, 4.69) is 17.1 Å². The van der Waals surface area contributed by atoms with Crippen LogP contribution in [0, 0.1) is 0 Å².